The van der Waals surface area contributed by atoms with Crippen molar-refractivity contribution in [3.8, 4) is 50.2 Å². The zero-order valence-electron chi connectivity index (χ0n) is 36.4. The molecular formula is C61H48N2Si. The van der Waals surface area contributed by atoms with Crippen molar-refractivity contribution < 1.29 is 0 Å². The normalized spacial score (nSPS) is 11.7. The van der Waals surface area contributed by atoms with E-state index < -0.39 is 8.07 Å². The summed E-state index contributed by atoms with van der Waals surface area (Å²) in [5.41, 5.74) is 16.6. The molecule has 64 heavy (non-hydrogen) atoms. The Kier molecular flexibility index (Phi) is 9.91. The molecule has 0 radical (unpaired) electrons. The number of para-hydroxylation sites is 2. The van der Waals surface area contributed by atoms with Gasteiger partial charge in [-0.05, 0) is 128 Å². The first-order chi connectivity index (χ1) is 31.3. The van der Waals surface area contributed by atoms with Gasteiger partial charge in [0.15, 0.2) is 0 Å². The predicted octanol–water partition coefficient (Wildman–Crippen LogP) is 16.6. The lowest BCUT2D eigenvalue weighted by atomic mass is 9.98. The summed E-state index contributed by atoms with van der Waals surface area (Å²) in [6.45, 7) is 7.20. The van der Waals surface area contributed by atoms with Gasteiger partial charge in [-0.25, -0.2) is 0 Å². The highest BCUT2D eigenvalue weighted by atomic mass is 28.3. The lowest BCUT2D eigenvalue weighted by Gasteiger charge is -2.26. The van der Waals surface area contributed by atoms with Gasteiger partial charge in [-0.15, -0.1) is 0 Å². The third-order valence-corrected chi connectivity index (χ3v) is 14.8. The molecule has 1 heterocycles. The molecule has 0 atom stereocenters. The van der Waals surface area contributed by atoms with Crippen molar-refractivity contribution in [2.45, 2.75) is 19.6 Å². The van der Waals surface area contributed by atoms with Crippen LogP contribution in [0.15, 0.2) is 237 Å². The van der Waals surface area contributed by atoms with E-state index in [4.69, 9.17) is 0 Å². The Balaban J connectivity index is 0.902. The summed E-state index contributed by atoms with van der Waals surface area (Å²) in [5, 5.41) is 6.51. The lowest BCUT2D eigenvalue weighted by Crippen LogP contribution is -2.37. The molecule has 1 aromatic heterocycles. The van der Waals surface area contributed by atoms with Gasteiger partial charge in [0.1, 0.15) is 0 Å². The van der Waals surface area contributed by atoms with Crippen LogP contribution in [0.3, 0.4) is 0 Å². The van der Waals surface area contributed by atoms with Gasteiger partial charge in [-0.3, -0.25) is 0 Å². The van der Waals surface area contributed by atoms with Crippen LogP contribution in [-0.4, -0.2) is 12.6 Å². The van der Waals surface area contributed by atoms with Gasteiger partial charge in [-0.1, -0.05) is 189 Å². The summed E-state index contributed by atoms with van der Waals surface area (Å²) in [7, 11) is -1.37. The Labute approximate surface area is 377 Å². The molecule has 0 unspecified atom stereocenters. The van der Waals surface area contributed by atoms with Crippen LogP contribution in [0.4, 0.5) is 17.1 Å². The molecule has 0 saturated carbocycles. The highest BCUT2D eigenvalue weighted by molar-refractivity contribution is 6.88. The first kappa shape index (κ1) is 39.1. The van der Waals surface area contributed by atoms with E-state index in [9.17, 15) is 0 Å². The van der Waals surface area contributed by atoms with Crippen molar-refractivity contribution in [3.05, 3.63) is 237 Å². The fourth-order valence-electron chi connectivity index (χ4n) is 9.25. The number of rotatable bonds is 9. The summed E-state index contributed by atoms with van der Waals surface area (Å²) >= 11 is 0. The molecular weight excluding hydrogens is 789 g/mol. The Hall–Kier alpha value is -7.72. The van der Waals surface area contributed by atoms with Crippen molar-refractivity contribution in [3.63, 3.8) is 0 Å². The standard InChI is InChI=1S/C61H48N2Si/c1-64(2,3)57-38-29-47(30-39-57)46-25-34-55(35-26-46)62(56-36-27-49(28-37-56)51-22-21-43-11-7-8-12-50(43)41-51)54-32-23-45(24-33-54)44-17-19-48(20-18-44)52-31-40-61-59(42-52)58-15-9-10-16-60(58)63(61)53-13-5-4-6-14-53/h4-42H,1-3H3. The maximum Gasteiger partial charge on any atom is 0.0775 e. The predicted molar refractivity (Wildman–Crippen MR) is 278 cm³/mol. The SMILES string of the molecule is C[Si](C)(C)c1ccc(-c2ccc(N(c3ccc(-c4ccc(-c5ccc6c(c5)c5ccccc5n6-c5ccccc5)cc4)cc3)c3ccc(-c4ccc5ccccc5c4)cc3)cc2)cc1. The molecule has 0 amide bonds. The van der Waals surface area contributed by atoms with Crippen molar-refractivity contribution in [1.29, 1.82) is 0 Å². The molecule has 2 nitrogen and oxygen atoms in total. The molecule has 0 aliphatic carbocycles. The summed E-state index contributed by atoms with van der Waals surface area (Å²) in [6, 6.07) is 86.7. The van der Waals surface area contributed by atoms with Crippen LogP contribution in [-0.2, 0) is 0 Å². The number of nitrogens with zero attached hydrogens (tertiary/aromatic N) is 2. The quantitative estimate of drug-likeness (QED) is 0.132. The molecule has 0 saturated heterocycles. The fraction of sp³-hybridized carbons (Fsp3) is 0.0492. The van der Waals surface area contributed by atoms with Gasteiger partial charge in [0.2, 0.25) is 0 Å². The number of hydrogen-bond donors (Lipinski definition) is 0. The monoisotopic (exact) mass is 836 g/mol. The van der Waals surface area contributed by atoms with Gasteiger partial charge in [-0.2, -0.15) is 0 Å². The van der Waals surface area contributed by atoms with Crippen LogP contribution in [0.25, 0.3) is 82.8 Å². The third kappa shape index (κ3) is 7.40. The van der Waals surface area contributed by atoms with Crippen molar-refractivity contribution in [1.82, 2.24) is 4.57 Å². The Morgan fingerprint density at radius 1 is 0.312 bits per heavy atom. The molecule has 11 aromatic rings. The number of hydrogen-bond acceptors (Lipinski definition) is 1. The topological polar surface area (TPSA) is 8.17 Å². The van der Waals surface area contributed by atoms with Crippen LogP contribution in [0.1, 0.15) is 0 Å². The van der Waals surface area contributed by atoms with Crippen molar-refractivity contribution in [2.24, 2.45) is 0 Å². The molecule has 0 bridgehead atoms. The second-order valence-corrected chi connectivity index (χ2v) is 22.9. The number of aromatic nitrogens is 1. The lowest BCUT2D eigenvalue weighted by molar-refractivity contribution is 1.18. The van der Waals surface area contributed by atoms with Gasteiger partial charge >= 0.3 is 0 Å². The van der Waals surface area contributed by atoms with Gasteiger partial charge in [0.05, 0.1) is 19.1 Å². The number of benzene rings is 10. The first-order valence-corrected chi connectivity index (χ1v) is 25.7. The largest absolute Gasteiger partial charge is 0.311 e. The minimum atomic E-state index is -1.37. The Morgan fingerprint density at radius 3 is 1.28 bits per heavy atom. The second-order valence-electron chi connectivity index (χ2n) is 17.9. The molecule has 3 heteroatoms. The minimum absolute atomic E-state index is 1.11. The van der Waals surface area contributed by atoms with E-state index in [1.807, 2.05) is 0 Å². The van der Waals surface area contributed by atoms with E-state index in [0.717, 1.165) is 17.1 Å². The van der Waals surface area contributed by atoms with Crippen molar-refractivity contribution >= 4 is 62.9 Å². The zero-order chi connectivity index (χ0) is 43.2. The summed E-state index contributed by atoms with van der Waals surface area (Å²) in [4.78, 5) is 2.36. The number of anilines is 3. The summed E-state index contributed by atoms with van der Waals surface area (Å²) < 4.78 is 2.37. The first-order valence-electron chi connectivity index (χ1n) is 22.2. The average molecular weight is 837 g/mol. The maximum absolute atomic E-state index is 2.40. The van der Waals surface area contributed by atoms with E-state index in [-0.39, 0.29) is 0 Å². The Bertz CT molecular complexity index is 3410. The highest BCUT2D eigenvalue weighted by Gasteiger charge is 2.18. The molecule has 11 rings (SSSR count). The zero-order valence-corrected chi connectivity index (χ0v) is 37.4. The average Bonchev–Trinajstić information content (AvgIpc) is 3.68. The van der Waals surface area contributed by atoms with E-state index in [2.05, 4.69) is 266 Å². The van der Waals surface area contributed by atoms with Crippen LogP contribution >= 0.6 is 0 Å². The minimum Gasteiger partial charge on any atom is -0.311 e. The van der Waals surface area contributed by atoms with Crippen LogP contribution in [0.5, 0.6) is 0 Å². The van der Waals surface area contributed by atoms with Gasteiger partial charge in [0, 0.05) is 33.5 Å². The second kappa shape index (κ2) is 16.2. The van der Waals surface area contributed by atoms with E-state index in [1.165, 1.54) is 88.0 Å². The van der Waals surface area contributed by atoms with Crippen LogP contribution in [0, 0.1) is 0 Å². The van der Waals surface area contributed by atoms with Gasteiger partial charge < -0.3 is 9.47 Å². The molecule has 0 spiro atoms. The Morgan fingerprint density at radius 2 is 0.719 bits per heavy atom. The molecule has 10 aromatic carbocycles. The molecule has 0 aliphatic heterocycles. The summed E-state index contributed by atoms with van der Waals surface area (Å²) in [5.74, 6) is 0. The van der Waals surface area contributed by atoms with E-state index in [0.29, 0.717) is 0 Å². The number of fused-ring (bicyclic) bond motifs is 4. The maximum atomic E-state index is 2.40. The van der Waals surface area contributed by atoms with E-state index in [1.54, 1.807) is 0 Å². The molecule has 0 N–H and O–H groups in total. The molecule has 0 fully saturated rings. The molecule has 0 aliphatic rings. The van der Waals surface area contributed by atoms with E-state index >= 15 is 0 Å². The van der Waals surface area contributed by atoms with Gasteiger partial charge in [0.25, 0.3) is 0 Å². The smallest absolute Gasteiger partial charge is 0.0775 e. The third-order valence-electron chi connectivity index (χ3n) is 12.8. The van der Waals surface area contributed by atoms with Crippen molar-refractivity contribution in [2.75, 3.05) is 4.90 Å². The highest BCUT2D eigenvalue weighted by Crippen LogP contribution is 2.39. The molecule has 306 valence electrons. The van der Waals surface area contributed by atoms with Crippen LogP contribution < -0.4 is 10.1 Å². The summed E-state index contributed by atoms with van der Waals surface area (Å²) in [6.07, 6.45) is 0. The van der Waals surface area contributed by atoms with Crippen LogP contribution in [0.2, 0.25) is 19.6 Å². The fourth-order valence-corrected chi connectivity index (χ4v) is 10.4.